The van der Waals surface area contributed by atoms with E-state index in [-0.39, 0.29) is 19.3 Å². The minimum atomic E-state index is -1.14. The van der Waals surface area contributed by atoms with E-state index in [4.69, 9.17) is 11.5 Å². The Bertz CT molecular complexity index is 1160. The number of para-hydroxylation sites is 1. The Labute approximate surface area is 247 Å². The van der Waals surface area contributed by atoms with E-state index in [0.29, 0.717) is 0 Å². The molecule has 1 heterocycles. The summed E-state index contributed by atoms with van der Waals surface area (Å²) in [5, 5.41) is 20.8. The molecular formula is C29H47N7O6. The third-order valence-electron chi connectivity index (χ3n) is 5.58. The van der Waals surface area contributed by atoms with Crippen molar-refractivity contribution in [1.82, 2.24) is 26.3 Å². The first-order valence-corrected chi connectivity index (χ1v) is 14.0. The lowest BCUT2D eigenvalue weighted by molar-refractivity contribution is -0.132. The van der Waals surface area contributed by atoms with E-state index < -0.39 is 60.3 Å². The van der Waals surface area contributed by atoms with Gasteiger partial charge in [-0.2, -0.15) is 0 Å². The number of aromatic amines is 1. The molecule has 234 valence electrons. The summed E-state index contributed by atoms with van der Waals surface area (Å²) in [6.07, 6.45) is 2.96. The predicted octanol–water partition coefficient (Wildman–Crippen LogP) is 0.472. The van der Waals surface area contributed by atoms with Crippen molar-refractivity contribution in [3.63, 3.8) is 0 Å². The number of amides is 5. The smallest absolute Gasteiger partial charge is 0.245 e. The molecule has 1 aromatic carbocycles. The number of aliphatic hydroxyl groups is 1. The molecule has 0 fully saturated rings. The highest BCUT2D eigenvalue weighted by molar-refractivity contribution is 5.94. The average molecular weight is 590 g/mol. The van der Waals surface area contributed by atoms with Gasteiger partial charge in [0, 0.05) is 29.9 Å². The van der Waals surface area contributed by atoms with Gasteiger partial charge in [0.25, 0.3) is 0 Å². The van der Waals surface area contributed by atoms with Crippen LogP contribution in [0.25, 0.3) is 10.9 Å². The number of rotatable bonds is 15. The minimum Gasteiger partial charge on any atom is -0.391 e. The van der Waals surface area contributed by atoms with Gasteiger partial charge in [0.15, 0.2) is 0 Å². The SMILES string of the molecule is C=CNC(C(=O)NC(Cc1c[nH]c2ccccc12)C(=O)NCC(=O)NC(CCC(N)=O)C(N)=O)C(C)O.CC.CCC. The van der Waals surface area contributed by atoms with Crippen LogP contribution in [0.4, 0.5) is 0 Å². The molecule has 0 radical (unpaired) electrons. The number of benzene rings is 1. The van der Waals surface area contributed by atoms with Crippen LogP contribution in [0.5, 0.6) is 0 Å². The third kappa shape index (κ3) is 13.3. The van der Waals surface area contributed by atoms with Gasteiger partial charge in [0.05, 0.1) is 12.6 Å². The number of hydrogen-bond donors (Lipinski definition) is 8. The van der Waals surface area contributed by atoms with Crippen molar-refractivity contribution in [2.24, 2.45) is 11.5 Å². The highest BCUT2D eigenvalue weighted by Gasteiger charge is 2.29. The van der Waals surface area contributed by atoms with Crippen molar-refractivity contribution in [2.45, 2.75) is 84.5 Å². The minimum absolute atomic E-state index is 0.0757. The monoisotopic (exact) mass is 589 g/mol. The zero-order valence-corrected chi connectivity index (χ0v) is 25.2. The van der Waals surface area contributed by atoms with E-state index in [1.54, 1.807) is 6.20 Å². The van der Waals surface area contributed by atoms with Gasteiger partial charge < -0.3 is 42.8 Å². The van der Waals surface area contributed by atoms with Gasteiger partial charge in [-0.25, -0.2) is 0 Å². The Morgan fingerprint density at radius 1 is 1.02 bits per heavy atom. The van der Waals surface area contributed by atoms with Gasteiger partial charge in [-0.3, -0.25) is 24.0 Å². The van der Waals surface area contributed by atoms with Crippen LogP contribution in [0.3, 0.4) is 0 Å². The van der Waals surface area contributed by atoms with Crippen LogP contribution in [-0.4, -0.2) is 70.4 Å². The van der Waals surface area contributed by atoms with E-state index in [0.717, 1.165) is 16.5 Å². The van der Waals surface area contributed by atoms with Crippen molar-refractivity contribution in [3.8, 4) is 0 Å². The fourth-order valence-corrected chi connectivity index (χ4v) is 3.66. The molecular weight excluding hydrogens is 542 g/mol. The Morgan fingerprint density at radius 3 is 2.19 bits per heavy atom. The lowest BCUT2D eigenvalue weighted by atomic mass is 10.0. The lowest BCUT2D eigenvalue weighted by Gasteiger charge is -2.24. The van der Waals surface area contributed by atoms with Crippen molar-refractivity contribution >= 4 is 40.4 Å². The molecule has 2 rings (SSSR count). The molecule has 0 saturated carbocycles. The van der Waals surface area contributed by atoms with Crippen LogP contribution in [0, 0.1) is 0 Å². The molecule has 13 heteroatoms. The number of nitrogens with one attached hydrogen (secondary N) is 5. The summed E-state index contributed by atoms with van der Waals surface area (Å²) in [6, 6.07) is 4.08. The number of carbonyl (C=O) groups excluding carboxylic acids is 5. The first-order chi connectivity index (χ1) is 19.9. The summed E-state index contributed by atoms with van der Waals surface area (Å²) in [5.74, 6) is -3.58. The molecule has 0 bridgehead atoms. The number of aliphatic hydroxyl groups excluding tert-OH is 1. The van der Waals surface area contributed by atoms with Crippen LogP contribution in [0.15, 0.2) is 43.2 Å². The summed E-state index contributed by atoms with van der Waals surface area (Å²) < 4.78 is 0. The third-order valence-corrected chi connectivity index (χ3v) is 5.58. The van der Waals surface area contributed by atoms with E-state index in [9.17, 15) is 29.1 Å². The summed E-state index contributed by atoms with van der Waals surface area (Å²) in [7, 11) is 0. The van der Waals surface area contributed by atoms with Gasteiger partial charge in [-0.1, -0.05) is 58.9 Å². The molecule has 10 N–H and O–H groups in total. The lowest BCUT2D eigenvalue weighted by Crippen LogP contribution is -2.56. The average Bonchev–Trinajstić information content (AvgIpc) is 3.36. The molecule has 4 unspecified atom stereocenters. The molecule has 0 aliphatic carbocycles. The summed E-state index contributed by atoms with van der Waals surface area (Å²) >= 11 is 0. The second kappa shape index (κ2) is 20.5. The number of primary amides is 2. The van der Waals surface area contributed by atoms with Crippen LogP contribution in [0.2, 0.25) is 0 Å². The highest BCUT2D eigenvalue weighted by atomic mass is 16.3. The zero-order chi connectivity index (χ0) is 32.2. The van der Waals surface area contributed by atoms with Crippen molar-refractivity contribution in [2.75, 3.05) is 6.54 Å². The summed E-state index contributed by atoms with van der Waals surface area (Å²) in [4.78, 5) is 63.8. The fourth-order valence-electron chi connectivity index (χ4n) is 3.66. The number of hydrogen-bond acceptors (Lipinski definition) is 7. The summed E-state index contributed by atoms with van der Waals surface area (Å²) in [5.41, 5.74) is 11.9. The Kier molecular flexibility index (Phi) is 18.3. The zero-order valence-electron chi connectivity index (χ0n) is 25.2. The maximum Gasteiger partial charge on any atom is 0.245 e. The molecule has 2 aromatic rings. The van der Waals surface area contributed by atoms with Gasteiger partial charge in [0.1, 0.15) is 18.1 Å². The maximum absolute atomic E-state index is 13.1. The Morgan fingerprint density at radius 2 is 1.64 bits per heavy atom. The second-order valence-electron chi connectivity index (χ2n) is 9.17. The number of aromatic nitrogens is 1. The maximum atomic E-state index is 13.1. The Hall–Kier alpha value is -4.39. The largest absolute Gasteiger partial charge is 0.391 e. The molecule has 0 aliphatic heterocycles. The molecule has 1 aromatic heterocycles. The number of carbonyl (C=O) groups is 5. The molecule has 0 aliphatic rings. The summed E-state index contributed by atoms with van der Waals surface area (Å²) in [6.45, 7) is 12.6. The fraction of sp³-hybridized carbons (Fsp3) is 0.483. The van der Waals surface area contributed by atoms with Gasteiger partial charge >= 0.3 is 0 Å². The number of nitrogens with two attached hydrogens (primary N) is 2. The first kappa shape index (κ1) is 37.6. The van der Waals surface area contributed by atoms with E-state index in [1.165, 1.54) is 19.5 Å². The standard InChI is InChI=1S/C24H33N7O6.C3H8.C2H6/c1-3-27-21(13(2)32)24(37)31-18(10-14-11-28-16-7-5-4-6-15(14)16)23(36)29-12-20(34)30-17(22(26)35)8-9-19(25)33;1-3-2;1-2/h3-7,11,13,17-18,21,27-28,32H,1,8-10,12H2,2H3,(H2,25,33)(H2,26,35)(H,29,36)(H,30,34)(H,31,37);3H2,1-2H3;1-2H3. The first-order valence-electron chi connectivity index (χ1n) is 14.0. The molecule has 42 heavy (non-hydrogen) atoms. The topological polar surface area (TPSA) is 222 Å². The molecule has 4 atom stereocenters. The number of H-pyrrole nitrogens is 1. The molecule has 5 amide bonds. The molecule has 0 saturated heterocycles. The van der Waals surface area contributed by atoms with Crippen LogP contribution in [-0.2, 0) is 30.4 Å². The van der Waals surface area contributed by atoms with E-state index in [1.807, 2.05) is 38.1 Å². The number of fused-ring (bicyclic) bond motifs is 1. The highest BCUT2D eigenvalue weighted by Crippen LogP contribution is 2.19. The van der Waals surface area contributed by atoms with Gasteiger partial charge in [-0.05, 0) is 31.2 Å². The van der Waals surface area contributed by atoms with Gasteiger partial charge in [0.2, 0.25) is 29.5 Å². The van der Waals surface area contributed by atoms with E-state index in [2.05, 4.69) is 46.7 Å². The molecule has 13 nitrogen and oxygen atoms in total. The van der Waals surface area contributed by atoms with Crippen molar-refractivity contribution in [3.05, 3.63) is 48.8 Å². The van der Waals surface area contributed by atoms with Crippen LogP contribution in [0.1, 0.15) is 59.4 Å². The van der Waals surface area contributed by atoms with Crippen molar-refractivity contribution in [1.29, 1.82) is 0 Å². The van der Waals surface area contributed by atoms with Crippen LogP contribution < -0.4 is 32.7 Å². The predicted molar refractivity (Wildman–Crippen MR) is 163 cm³/mol. The van der Waals surface area contributed by atoms with Crippen LogP contribution >= 0.6 is 0 Å². The Balaban J connectivity index is 0.00000315. The quantitative estimate of drug-likeness (QED) is 0.146. The van der Waals surface area contributed by atoms with Crippen molar-refractivity contribution < 1.29 is 29.1 Å². The van der Waals surface area contributed by atoms with E-state index >= 15 is 0 Å². The normalized spacial score (nSPS) is 12.9. The van der Waals surface area contributed by atoms with Gasteiger partial charge in [-0.15, -0.1) is 0 Å². The molecule has 0 spiro atoms. The second-order valence-corrected chi connectivity index (χ2v) is 9.17.